The van der Waals surface area contributed by atoms with Gasteiger partial charge < -0.3 is 10.4 Å². The highest BCUT2D eigenvalue weighted by Gasteiger charge is 2.24. The van der Waals surface area contributed by atoms with E-state index in [4.69, 9.17) is 11.6 Å². The molecule has 7 heteroatoms. The van der Waals surface area contributed by atoms with E-state index in [1.54, 1.807) is 18.2 Å². The van der Waals surface area contributed by atoms with Crippen molar-refractivity contribution in [1.29, 1.82) is 0 Å². The quantitative estimate of drug-likeness (QED) is 0.644. The van der Waals surface area contributed by atoms with Crippen molar-refractivity contribution in [2.24, 2.45) is 4.99 Å². The van der Waals surface area contributed by atoms with Crippen LogP contribution in [0.1, 0.15) is 18.1 Å². The zero-order valence-corrected chi connectivity index (χ0v) is 16.4. The van der Waals surface area contributed by atoms with Gasteiger partial charge in [-0.25, -0.2) is 4.99 Å². The van der Waals surface area contributed by atoms with Crippen LogP contribution in [-0.2, 0) is 11.2 Å². The van der Waals surface area contributed by atoms with Crippen molar-refractivity contribution in [2.75, 3.05) is 0 Å². The molecular weight excluding hydrogens is 424 g/mol. The van der Waals surface area contributed by atoms with Gasteiger partial charge in [-0.3, -0.25) is 4.79 Å². The number of carbonyl (C=O) groups excluding carboxylic acids is 1. The van der Waals surface area contributed by atoms with Crippen LogP contribution in [0.5, 0.6) is 5.75 Å². The summed E-state index contributed by atoms with van der Waals surface area (Å²) in [6, 6.07) is 11.2. The van der Waals surface area contributed by atoms with Gasteiger partial charge in [0.1, 0.15) is 5.75 Å². The normalized spacial score (nSPS) is 17.3. The molecule has 2 N–H and O–H groups in total. The van der Waals surface area contributed by atoms with Crippen molar-refractivity contribution >= 4 is 62.1 Å². The summed E-state index contributed by atoms with van der Waals surface area (Å²) in [6.07, 6.45) is 2.68. The van der Waals surface area contributed by atoms with Crippen LogP contribution in [0.2, 0.25) is 5.02 Å². The first-order chi connectivity index (χ1) is 12.0. The number of thioether (sulfide) groups is 1. The Kier molecular flexibility index (Phi) is 5.51. The maximum atomic E-state index is 12.1. The molecule has 3 rings (SSSR count). The van der Waals surface area contributed by atoms with Gasteiger partial charge in [0.15, 0.2) is 5.17 Å². The molecule has 0 aliphatic carbocycles. The number of aliphatic imine (C=N–C) groups is 1. The summed E-state index contributed by atoms with van der Waals surface area (Å²) in [5, 5.41) is 13.2. The Morgan fingerprint density at radius 3 is 2.68 bits per heavy atom. The number of aromatic hydroxyl groups is 1. The molecule has 0 spiro atoms. The van der Waals surface area contributed by atoms with Gasteiger partial charge in [-0.1, -0.05) is 30.7 Å². The molecule has 0 radical (unpaired) electrons. The number of nitrogens with zero attached hydrogens (tertiary/aromatic N) is 1. The number of phenolic OH excluding ortho intramolecular Hbond substituents is 1. The first-order valence-corrected chi connectivity index (χ1v) is 9.51. The molecule has 2 aromatic rings. The third-order valence-corrected chi connectivity index (χ3v) is 5.37. The Labute approximate surface area is 163 Å². The standard InChI is InChI=1S/C18H14BrClN2O2S/c1-2-10-3-5-12(6-4-10)21-18-22-17(24)15(25-18)9-11-7-13(19)16(23)14(20)8-11/h3-9,23H,2H2,1H3,(H,21,22,24). The fraction of sp³-hybridized carbons (Fsp3) is 0.111. The third-order valence-electron chi connectivity index (χ3n) is 3.56. The number of phenols is 1. The predicted molar refractivity (Wildman–Crippen MR) is 107 cm³/mol. The molecule has 25 heavy (non-hydrogen) atoms. The van der Waals surface area contributed by atoms with Crippen LogP contribution in [0, 0.1) is 0 Å². The molecular formula is C18H14BrClN2O2S. The number of nitrogens with one attached hydrogen (secondary N) is 1. The van der Waals surface area contributed by atoms with E-state index in [0.29, 0.717) is 20.1 Å². The number of halogens is 2. The zero-order chi connectivity index (χ0) is 18.0. The third kappa shape index (κ3) is 4.26. The Bertz CT molecular complexity index is 871. The summed E-state index contributed by atoms with van der Waals surface area (Å²) in [5.74, 6) is -0.237. The van der Waals surface area contributed by atoms with Gasteiger partial charge in [0.25, 0.3) is 5.91 Å². The minimum absolute atomic E-state index is 0.0230. The first-order valence-electron chi connectivity index (χ1n) is 7.53. The number of hydrogen-bond donors (Lipinski definition) is 2. The highest BCUT2D eigenvalue weighted by molar-refractivity contribution is 9.10. The number of rotatable bonds is 3. The van der Waals surface area contributed by atoms with E-state index in [0.717, 1.165) is 12.1 Å². The van der Waals surface area contributed by atoms with E-state index < -0.39 is 0 Å². The summed E-state index contributed by atoms with van der Waals surface area (Å²) in [5.41, 5.74) is 2.74. The fourth-order valence-electron chi connectivity index (χ4n) is 2.22. The molecule has 1 aliphatic heterocycles. The van der Waals surface area contributed by atoms with Gasteiger partial charge in [0.05, 0.1) is 20.1 Å². The molecule has 1 aliphatic rings. The maximum absolute atomic E-state index is 12.1. The minimum atomic E-state index is -0.214. The number of carbonyl (C=O) groups is 1. The molecule has 1 saturated heterocycles. The molecule has 0 saturated carbocycles. The van der Waals surface area contributed by atoms with Crippen LogP contribution in [0.4, 0.5) is 5.69 Å². The number of aryl methyl sites for hydroxylation is 1. The van der Waals surface area contributed by atoms with Gasteiger partial charge in [0.2, 0.25) is 0 Å². The Balaban J connectivity index is 1.83. The monoisotopic (exact) mass is 436 g/mol. The van der Waals surface area contributed by atoms with Gasteiger partial charge in [-0.2, -0.15) is 0 Å². The Morgan fingerprint density at radius 2 is 2.04 bits per heavy atom. The second-order valence-corrected chi connectivity index (χ2v) is 7.63. The average molecular weight is 438 g/mol. The van der Waals surface area contributed by atoms with Crippen LogP contribution in [0.3, 0.4) is 0 Å². The summed E-state index contributed by atoms with van der Waals surface area (Å²) in [7, 11) is 0. The summed E-state index contributed by atoms with van der Waals surface area (Å²) in [4.78, 5) is 17.1. The lowest BCUT2D eigenvalue weighted by atomic mass is 10.2. The lowest BCUT2D eigenvalue weighted by Gasteiger charge is -2.02. The van der Waals surface area contributed by atoms with E-state index in [1.807, 2.05) is 24.3 Å². The summed E-state index contributed by atoms with van der Waals surface area (Å²) >= 11 is 10.5. The van der Waals surface area contributed by atoms with Crippen LogP contribution < -0.4 is 5.32 Å². The molecule has 0 unspecified atom stereocenters. The molecule has 1 fully saturated rings. The summed E-state index contributed by atoms with van der Waals surface area (Å²) in [6.45, 7) is 2.10. The second kappa shape index (κ2) is 7.64. The Morgan fingerprint density at radius 1 is 1.32 bits per heavy atom. The van der Waals surface area contributed by atoms with Crippen molar-refractivity contribution in [3.8, 4) is 5.75 Å². The molecule has 0 aromatic heterocycles. The van der Waals surface area contributed by atoms with Gasteiger partial charge >= 0.3 is 0 Å². The first kappa shape index (κ1) is 18.0. The average Bonchev–Trinajstić information content (AvgIpc) is 2.92. The molecule has 2 aromatic carbocycles. The maximum Gasteiger partial charge on any atom is 0.264 e. The highest BCUT2D eigenvalue weighted by Crippen LogP contribution is 2.35. The van der Waals surface area contributed by atoms with Crippen molar-refractivity contribution in [2.45, 2.75) is 13.3 Å². The Hall–Kier alpha value is -1.76. The van der Waals surface area contributed by atoms with E-state index >= 15 is 0 Å². The molecule has 0 bridgehead atoms. The second-order valence-electron chi connectivity index (χ2n) is 5.33. The van der Waals surface area contributed by atoms with Crippen molar-refractivity contribution in [3.05, 3.63) is 61.9 Å². The SMILES string of the molecule is CCc1ccc(N=C2NC(=O)C(=Cc3cc(Cl)c(O)c(Br)c3)S2)cc1. The topological polar surface area (TPSA) is 61.7 Å². The number of amidine groups is 1. The highest BCUT2D eigenvalue weighted by atomic mass is 79.9. The van der Waals surface area contributed by atoms with Crippen LogP contribution >= 0.6 is 39.3 Å². The van der Waals surface area contributed by atoms with Gasteiger partial charge in [-0.15, -0.1) is 0 Å². The largest absolute Gasteiger partial charge is 0.505 e. The smallest absolute Gasteiger partial charge is 0.264 e. The minimum Gasteiger partial charge on any atom is -0.505 e. The van der Waals surface area contributed by atoms with E-state index in [-0.39, 0.29) is 16.7 Å². The van der Waals surface area contributed by atoms with Gasteiger partial charge in [-0.05, 0) is 75.6 Å². The molecule has 0 atom stereocenters. The molecule has 128 valence electrons. The molecule has 4 nitrogen and oxygen atoms in total. The lowest BCUT2D eigenvalue weighted by Crippen LogP contribution is -2.19. The van der Waals surface area contributed by atoms with Crippen molar-refractivity contribution < 1.29 is 9.90 Å². The summed E-state index contributed by atoms with van der Waals surface area (Å²) < 4.78 is 0.472. The number of benzene rings is 2. The van der Waals surface area contributed by atoms with Crippen molar-refractivity contribution in [1.82, 2.24) is 5.32 Å². The lowest BCUT2D eigenvalue weighted by molar-refractivity contribution is -0.115. The van der Waals surface area contributed by atoms with Crippen LogP contribution in [-0.4, -0.2) is 16.2 Å². The predicted octanol–water partition coefficient (Wildman–Crippen LogP) is 5.26. The fourth-order valence-corrected chi connectivity index (χ4v) is 3.89. The van der Waals surface area contributed by atoms with E-state index in [1.165, 1.54) is 17.3 Å². The zero-order valence-electron chi connectivity index (χ0n) is 13.2. The van der Waals surface area contributed by atoms with Crippen LogP contribution in [0.25, 0.3) is 6.08 Å². The van der Waals surface area contributed by atoms with Crippen LogP contribution in [0.15, 0.2) is 50.8 Å². The molecule has 1 heterocycles. The van der Waals surface area contributed by atoms with E-state index in [2.05, 4.69) is 33.2 Å². The van der Waals surface area contributed by atoms with Crippen molar-refractivity contribution in [3.63, 3.8) is 0 Å². The number of hydrogen-bond acceptors (Lipinski definition) is 4. The number of amides is 1. The molecule has 1 amide bonds. The van der Waals surface area contributed by atoms with Gasteiger partial charge in [0, 0.05) is 0 Å². The van der Waals surface area contributed by atoms with E-state index in [9.17, 15) is 9.90 Å².